The normalized spacial score (nSPS) is 17.4. The van der Waals surface area contributed by atoms with Gasteiger partial charge in [0.25, 0.3) is 4.74 Å². The zero-order valence-electron chi connectivity index (χ0n) is 14.2. The van der Waals surface area contributed by atoms with Gasteiger partial charge in [0.1, 0.15) is 4.70 Å². The van der Waals surface area contributed by atoms with Gasteiger partial charge >= 0.3 is 0 Å². The van der Waals surface area contributed by atoms with Gasteiger partial charge in [0.2, 0.25) is 5.91 Å². The summed E-state index contributed by atoms with van der Waals surface area (Å²) in [7, 11) is 0. The summed E-state index contributed by atoms with van der Waals surface area (Å²) in [6.07, 6.45) is 1.79. The van der Waals surface area contributed by atoms with E-state index in [0.717, 1.165) is 35.6 Å². The summed E-state index contributed by atoms with van der Waals surface area (Å²) >= 11 is 2.61. The quantitative estimate of drug-likeness (QED) is 0.749. The molecule has 1 N–H and O–H groups in total. The first-order valence-electron chi connectivity index (χ1n) is 8.65. The third-order valence-corrected chi connectivity index (χ3v) is 6.56. The molecule has 1 fully saturated rings. The van der Waals surface area contributed by atoms with Crippen molar-refractivity contribution in [1.29, 1.82) is 0 Å². The third-order valence-electron chi connectivity index (χ3n) is 4.60. The maximum atomic E-state index is 12.6. The van der Waals surface area contributed by atoms with E-state index in [1.54, 1.807) is 0 Å². The van der Waals surface area contributed by atoms with E-state index in [4.69, 9.17) is 0 Å². The van der Waals surface area contributed by atoms with E-state index in [1.807, 2.05) is 41.8 Å². The number of nitrogens with one attached hydrogen (secondary N) is 1. The highest BCUT2D eigenvalue weighted by Crippen LogP contribution is 2.26. The zero-order valence-corrected chi connectivity index (χ0v) is 15.8. The molecular weight excluding hydrogens is 366 g/mol. The fraction of sp³-hybridized carbons (Fsp3) is 0.316. The number of rotatable bonds is 4. The largest absolute Gasteiger partial charge is 0.352 e. The molecule has 3 heterocycles. The van der Waals surface area contributed by atoms with Gasteiger partial charge < -0.3 is 10.2 Å². The number of amides is 1. The second-order valence-corrected chi connectivity index (χ2v) is 8.26. The van der Waals surface area contributed by atoms with Crippen LogP contribution in [0.2, 0.25) is 0 Å². The molecular formula is C19H19N3O2S2. The van der Waals surface area contributed by atoms with Gasteiger partial charge in [-0.15, -0.1) is 11.3 Å². The summed E-state index contributed by atoms with van der Waals surface area (Å²) in [5, 5.41) is 5.65. The number of anilines is 1. The van der Waals surface area contributed by atoms with Crippen LogP contribution in [-0.2, 0) is 11.3 Å². The van der Waals surface area contributed by atoms with Crippen LogP contribution in [0, 0.1) is 5.92 Å². The fourth-order valence-corrected chi connectivity index (χ4v) is 4.96. The molecule has 1 atom stereocenters. The number of hydrogen-bond acceptors (Lipinski definition) is 6. The molecule has 0 saturated carbocycles. The Kier molecular flexibility index (Phi) is 4.99. The van der Waals surface area contributed by atoms with Gasteiger partial charge in [-0.2, -0.15) is 0 Å². The molecule has 1 amide bonds. The minimum absolute atomic E-state index is 0.0515. The van der Waals surface area contributed by atoms with E-state index >= 15 is 0 Å². The molecule has 1 aliphatic rings. The van der Waals surface area contributed by atoms with Crippen molar-refractivity contribution in [3.8, 4) is 0 Å². The summed E-state index contributed by atoms with van der Waals surface area (Å²) in [5.41, 5.74) is 1.85. The molecule has 0 unspecified atom stereocenters. The lowest BCUT2D eigenvalue weighted by molar-refractivity contribution is -0.125. The molecule has 134 valence electrons. The zero-order chi connectivity index (χ0) is 17.9. The number of piperidine rings is 1. The van der Waals surface area contributed by atoms with Crippen molar-refractivity contribution >= 4 is 43.9 Å². The van der Waals surface area contributed by atoms with Gasteiger partial charge in [0.15, 0.2) is 5.13 Å². The molecule has 1 aliphatic heterocycles. The van der Waals surface area contributed by atoms with Crippen molar-refractivity contribution in [3.05, 3.63) is 56.9 Å². The van der Waals surface area contributed by atoms with Gasteiger partial charge in [-0.25, -0.2) is 4.98 Å². The number of aromatic nitrogens is 1. The molecule has 4 rings (SSSR count). The van der Waals surface area contributed by atoms with E-state index in [-0.39, 0.29) is 16.6 Å². The van der Waals surface area contributed by atoms with Gasteiger partial charge in [-0.1, -0.05) is 41.7 Å². The number of fused-ring (bicyclic) bond motifs is 1. The van der Waals surface area contributed by atoms with E-state index in [1.165, 1.54) is 22.7 Å². The minimum atomic E-state index is -0.0743. The third kappa shape index (κ3) is 3.64. The Balaban J connectivity index is 1.44. The van der Waals surface area contributed by atoms with Gasteiger partial charge in [0, 0.05) is 19.6 Å². The monoisotopic (exact) mass is 385 g/mol. The van der Waals surface area contributed by atoms with E-state index < -0.39 is 0 Å². The molecule has 1 saturated heterocycles. The first kappa shape index (κ1) is 17.2. The van der Waals surface area contributed by atoms with Crippen molar-refractivity contribution in [2.24, 2.45) is 5.92 Å². The van der Waals surface area contributed by atoms with Gasteiger partial charge in [-0.3, -0.25) is 9.59 Å². The van der Waals surface area contributed by atoms with Crippen LogP contribution in [0.15, 0.2) is 46.6 Å². The van der Waals surface area contributed by atoms with Crippen molar-refractivity contribution in [1.82, 2.24) is 10.3 Å². The maximum absolute atomic E-state index is 12.6. The van der Waals surface area contributed by atoms with Crippen LogP contribution in [0.25, 0.3) is 10.2 Å². The molecule has 5 nitrogen and oxygen atoms in total. The maximum Gasteiger partial charge on any atom is 0.255 e. The Morgan fingerprint density at radius 3 is 2.96 bits per heavy atom. The summed E-state index contributed by atoms with van der Waals surface area (Å²) < 4.78 is 0.767. The number of thiophene rings is 1. The van der Waals surface area contributed by atoms with Crippen LogP contribution in [0.5, 0.6) is 0 Å². The number of carbonyl (C=O) groups excluding carboxylic acids is 1. The van der Waals surface area contributed by atoms with Crippen molar-refractivity contribution in [2.45, 2.75) is 19.4 Å². The van der Waals surface area contributed by atoms with Crippen molar-refractivity contribution in [3.63, 3.8) is 0 Å². The standard InChI is InChI=1S/C19H19N3O2S2/c23-17(20-11-13-5-2-1-3-6-13)14-7-4-9-22(12-14)19-21-15-8-10-25-16(15)18(24)26-19/h1-3,5-6,8,10,14H,4,7,9,11-12H2,(H,20,23)/t14-/m1/s1. The Morgan fingerprint density at radius 2 is 2.12 bits per heavy atom. The van der Waals surface area contributed by atoms with Crippen molar-refractivity contribution < 1.29 is 4.79 Å². The number of nitrogens with zero attached hydrogens (tertiary/aromatic N) is 2. The lowest BCUT2D eigenvalue weighted by Crippen LogP contribution is -2.43. The predicted molar refractivity (Wildman–Crippen MR) is 107 cm³/mol. The lowest BCUT2D eigenvalue weighted by atomic mass is 9.97. The Labute approximate surface area is 159 Å². The second-order valence-electron chi connectivity index (χ2n) is 6.41. The summed E-state index contributed by atoms with van der Waals surface area (Å²) in [4.78, 5) is 31.5. The van der Waals surface area contributed by atoms with E-state index in [9.17, 15) is 9.59 Å². The molecule has 0 aliphatic carbocycles. The lowest BCUT2D eigenvalue weighted by Gasteiger charge is -2.32. The van der Waals surface area contributed by atoms with E-state index in [2.05, 4.69) is 15.2 Å². The molecule has 1 aromatic carbocycles. The Bertz CT molecular complexity index is 968. The first-order valence-corrected chi connectivity index (χ1v) is 10.4. The highest BCUT2D eigenvalue weighted by molar-refractivity contribution is 7.21. The number of hydrogen-bond donors (Lipinski definition) is 1. The minimum Gasteiger partial charge on any atom is -0.352 e. The van der Waals surface area contributed by atoms with Crippen LogP contribution in [0.4, 0.5) is 5.13 Å². The average molecular weight is 386 g/mol. The molecule has 2 aromatic heterocycles. The number of carbonyl (C=O) groups is 1. The average Bonchev–Trinajstić information content (AvgIpc) is 3.16. The topological polar surface area (TPSA) is 62.3 Å². The SMILES string of the molecule is O=C(NCc1ccccc1)[C@@H]1CCCN(c2nc3ccsc3c(=O)s2)C1. The Hall–Kier alpha value is -2.25. The van der Waals surface area contributed by atoms with Crippen LogP contribution in [-0.4, -0.2) is 24.0 Å². The summed E-state index contributed by atoms with van der Waals surface area (Å²) in [6.45, 7) is 1.99. The first-order chi connectivity index (χ1) is 12.7. The van der Waals surface area contributed by atoms with Crippen LogP contribution >= 0.6 is 22.7 Å². The highest BCUT2D eigenvalue weighted by atomic mass is 32.1. The van der Waals surface area contributed by atoms with Crippen LogP contribution < -0.4 is 15.0 Å². The predicted octanol–water partition coefficient (Wildman–Crippen LogP) is 3.25. The van der Waals surface area contributed by atoms with E-state index in [0.29, 0.717) is 17.8 Å². The molecule has 3 aromatic rings. The number of benzene rings is 1. The molecule has 0 radical (unpaired) electrons. The van der Waals surface area contributed by atoms with Crippen LogP contribution in [0.3, 0.4) is 0 Å². The second kappa shape index (κ2) is 7.55. The summed E-state index contributed by atoms with van der Waals surface area (Å²) in [5.74, 6) is -0.00255. The fourth-order valence-electron chi connectivity index (χ4n) is 3.23. The molecule has 0 spiro atoms. The smallest absolute Gasteiger partial charge is 0.255 e. The van der Waals surface area contributed by atoms with Gasteiger partial charge in [-0.05, 0) is 29.9 Å². The van der Waals surface area contributed by atoms with Crippen LogP contribution in [0.1, 0.15) is 18.4 Å². The molecule has 7 heteroatoms. The highest BCUT2D eigenvalue weighted by Gasteiger charge is 2.27. The van der Waals surface area contributed by atoms with Gasteiger partial charge in [0.05, 0.1) is 11.4 Å². The molecule has 0 bridgehead atoms. The van der Waals surface area contributed by atoms with Crippen molar-refractivity contribution in [2.75, 3.05) is 18.0 Å². The Morgan fingerprint density at radius 1 is 1.27 bits per heavy atom. The summed E-state index contributed by atoms with van der Waals surface area (Å²) in [6, 6.07) is 11.8. The molecule has 26 heavy (non-hydrogen) atoms.